The number of aromatic nitrogens is 1. The van der Waals surface area contributed by atoms with Crippen molar-refractivity contribution in [1.29, 1.82) is 0 Å². The van der Waals surface area contributed by atoms with E-state index < -0.39 is 39.8 Å². The summed E-state index contributed by atoms with van der Waals surface area (Å²) in [5.41, 5.74) is 1.78. The summed E-state index contributed by atoms with van der Waals surface area (Å²) in [6, 6.07) is 13.9. The normalized spacial score (nSPS) is 13.4. The molecule has 1 heterocycles. The molecule has 0 saturated heterocycles. The lowest BCUT2D eigenvalue weighted by molar-refractivity contribution is -0.124. The highest BCUT2D eigenvalue weighted by Gasteiger charge is 2.28. The fraction of sp³-hybridized carbons (Fsp3) is 0.370. The Hall–Kier alpha value is -3.32. The second-order valence-electron chi connectivity index (χ2n) is 9.88. The van der Waals surface area contributed by atoms with Gasteiger partial charge in [-0.3, -0.25) is 4.79 Å². The second kappa shape index (κ2) is 13.2. The highest BCUT2D eigenvalue weighted by molar-refractivity contribution is 7.86. The lowest BCUT2D eigenvalue weighted by Crippen LogP contribution is -2.50. The molecule has 0 fully saturated rings. The van der Waals surface area contributed by atoms with Crippen molar-refractivity contribution >= 4 is 33.5 Å². The van der Waals surface area contributed by atoms with E-state index >= 15 is 0 Å². The van der Waals surface area contributed by atoms with E-state index in [-0.39, 0.29) is 11.3 Å². The number of aryl methyl sites for hydroxylation is 1. The first-order valence-corrected chi connectivity index (χ1v) is 14.7. The minimum Gasteiger partial charge on any atom is -0.444 e. The topological polar surface area (TPSA) is 150 Å². The molecule has 0 aliphatic carbocycles. The van der Waals surface area contributed by atoms with Crippen molar-refractivity contribution in [2.75, 3.05) is 0 Å². The maximum absolute atomic E-state index is 13.6. The van der Waals surface area contributed by atoms with Crippen molar-refractivity contribution in [2.24, 2.45) is 5.90 Å². The number of alkyl carbamates (subject to hydrolysis) is 1. The standard InChI is InChI=1S/C27H34N4O6S2/c1-5-20-17-38-25(29-20)23(16-19-11-13-21(14-12-19)39(34,35)37-28)30-24(32)22(15-18-9-7-6-8-10-18)31-26(33)36-27(2,3)4/h6-14,17,22-23H,5,15-16,28H2,1-4H3,(H,30,32)(H,31,33)/t22-,23+/m1/s1. The summed E-state index contributed by atoms with van der Waals surface area (Å²) in [5.74, 6) is 4.47. The zero-order valence-electron chi connectivity index (χ0n) is 22.3. The molecule has 0 radical (unpaired) electrons. The summed E-state index contributed by atoms with van der Waals surface area (Å²) in [5, 5.41) is 8.37. The Labute approximate surface area is 233 Å². The summed E-state index contributed by atoms with van der Waals surface area (Å²) < 4.78 is 33.2. The average molecular weight is 575 g/mol. The molecule has 12 heteroatoms. The first kappa shape index (κ1) is 30.2. The lowest BCUT2D eigenvalue weighted by Gasteiger charge is -2.25. The van der Waals surface area contributed by atoms with Crippen LogP contribution in [0.5, 0.6) is 0 Å². The molecule has 3 aromatic rings. The van der Waals surface area contributed by atoms with Crippen molar-refractivity contribution in [3.05, 3.63) is 81.8 Å². The van der Waals surface area contributed by atoms with Gasteiger partial charge in [0.15, 0.2) is 0 Å². The Morgan fingerprint density at radius 3 is 2.21 bits per heavy atom. The van der Waals surface area contributed by atoms with Crippen LogP contribution in [0.2, 0.25) is 0 Å². The fourth-order valence-electron chi connectivity index (χ4n) is 3.71. The number of nitrogens with one attached hydrogen (secondary N) is 2. The van der Waals surface area contributed by atoms with Gasteiger partial charge in [0.2, 0.25) is 5.91 Å². The van der Waals surface area contributed by atoms with Crippen LogP contribution in [0, 0.1) is 0 Å². The number of carbonyl (C=O) groups excluding carboxylic acids is 2. The number of hydrogen-bond donors (Lipinski definition) is 3. The van der Waals surface area contributed by atoms with Crippen LogP contribution in [0.15, 0.2) is 64.9 Å². The number of ether oxygens (including phenoxy) is 1. The van der Waals surface area contributed by atoms with E-state index in [0.717, 1.165) is 23.2 Å². The van der Waals surface area contributed by atoms with Crippen LogP contribution in [0.25, 0.3) is 0 Å². The van der Waals surface area contributed by atoms with Gasteiger partial charge in [0.05, 0.1) is 16.6 Å². The molecule has 2 atom stereocenters. The van der Waals surface area contributed by atoms with Gasteiger partial charge in [0.1, 0.15) is 16.7 Å². The third-order valence-electron chi connectivity index (χ3n) is 5.61. The molecule has 1 aromatic heterocycles. The molecule has 0 aliphatic rings. The number of thiazole rings is 1. The molecular weight excluding hydrogens is 540 g/mol. The van der Waals surface area contributed by atoms with Gasteiger partial charge in [0, 0.05) is 11.8 Å². The number of rotatable bonds is 11. The second-order valence-corrected chi connectivity index (χ2v) is 12.3. The number of benzene rings is 2. The minimum atomic E-state index is -4.03. The Balaban J connectivity index is 1.86. The van der Waals surface area contributed by atoms with Crippen LogP contribution in [0.4, 0.5) is 4.79 Å². The highest BCUT2D eigenvalue weighted by Crippen LogP contribution is 2.24. The van der Waals surface area contributed by atoms with Gasteiger partial charge in [-0.2, -0.15) is 18.6 Å². The van der Waals surface area contributed by atoms with Gasteiger partial charge in [-0.25, -0.2) is 9.78 Å². The zero-order valence-corrected chi connectivity index (χ0v) is 24.0. The van der Waals surface area contributed by atoms with Gasteiger partial charge in [-0.15, -0.1) is 11.3 Å². The average Bonchev–Trinajstić information content (AvgIpc) is 3.37. The molecule has 210 valence electrons. The summed E-state index contributed by atoms with van der Waals surface area (Å²) in [4.78, 5) is 30.8. The Morgan fingerprint density at radius 1 is 1.00 bits per heavy atom. The number of carbonyl (C=O) groups is 2. The van der Waals surface area contributed by atoms with Crippen molar-refractivity contribution in [3.8, 4) is 0 Å². The van der Waals surface area contributed by atoms with Crippen LogP contribution in [0.3, 0.4) is 0 Å². The van der Waals surface area contributed by atoms with Gasteiger partial charge in [0.25, 0.3) is 0 Å². The molecule has 3 rings (SSSR count). The van der Waals surface area contributed by atoms with Crippen LogP contribution in [0.1, 0.15) is 55.6 Å². The molecular formula is C27H34N4O6S2. The van der Waals surface area contributed by atoms with Gasteiger partial charge in [-0.05, 0) is 56.9 Å². The Kier molecular flexibility index (Phi) is 10.2. The quantitative estimate of drug-likeness (QED) is 0.293. The van der Waals surface area contributed by atoms with Crippen LogP contribution < -0.4 is 16.5 Å². The molecule has 0 aliphatic heterocycles. The van der Waals surface area contributed by atoms with E-state index in [0.29, 0.717) is 11.4 Å². The van der Waals surface area contributed by atoms with Gasteiger partial charge < -0.3 is 15.4 Å². The molecule has 0 spiro atoms. The largest absolute Gasteiger partial charge is 0.444 e. The first-order valence-electron chi connectivity index (χ1n) is 12.4. The van der Waals surface area contributed by atoms with Crippen LogP contribution >= 0.6 is 11.3 Å². The summed E-state index contributed by atoms with van der Waals surface area (Å²) in [6.07, 6.45) is 0.621. The Bertz CT molecular complexity index is 1350. The van der Waals surface area contributed by atoms with Gasteiger partial charge in [-0.1, -0.05) is 49.4 Å². The predicted octanol–water partition coefficient (Wildman–Crippen LogP) is 3.82. The summed E-state index contributed by atoms with van der Waals surface area (Å²) in [7, 11) is -4.03. The number of nitrogens with two attached hydrogens (primary N) is 1. The van der Waals surface area contributed by atoms with E-state index in [9.17, 15) is 18.0 Å². The minimum absolute atomic E-state index is 0.0821. The van der Waals surface area contributed by atoms with Crippen LogP contribution in [-0.4, -0.2) is 37.0 Å². The fourth-order valence-corrected chi connectivity index (χ4v) is 5.24. The Morgan fingerprint density at radius 2 is 1.64 bits per heavy atom. The van der Waals surface area contributed by atoms with E-state index in [1.807, 2.05) is 42.6 Å². The molecule has 0 unspecified atom stereocenters. The number of hydrogen-bond acceptors (Lipinski definition) is 9. The van der Waals surface area contributed by atoms with Crippen molar-refractivity contribution in [1.82, 2.24) is 15.6 Å². The molecule has 2 aromatic carbocycles. The summed E-state index contributed by atoms with van der Waals surface area (Å²) in [6.45, 7) is 7.24. The van der Waals surface area contributed by atoms with Crippen molar-refractivity contribution in [3.63, 3.8) is 0 Å². The molecule has 4 N–H and O–H groups in total. The summed E-state index contributed by atoms with van der Waals surface area (Å²) >= 11 is 1.42. The van der Waals surface area contributed by atoms with Gasteiger partial charge >= 0.3 is 16.2 Å². The zero-order chi connectivity index (χ0) is 28.6. The molecule has 39 heavy (non-hydrogen) atoms. The van der Waals surface area contributed by atoms with E-state index in [4.69, 9.17) is 10.6 Å². The maximum Gasteiger partial charge on any atom is 0.408 e. The van der Waals surface area contributed by atoms with E-state index in [1.54, 1.807) is 32.9 Å². The number of nitrogens with zero attached hydrogens (tertiary/aromatic N) is 1. The SMILES string of the molecule is CCc1csc([C@H](Cc2ccc(S(=O)(=O)ON)cc2)NC(=O)[C@@H](Cc2ccccc2)NC(=O)OC(C)(C)C)n1. The predicted molar refractivity (Wildman–Crippen MR) is 148 cm³/mol. The smallest absolute Gasteiger partial charge is 0.408 e. The van der Waals surface area contributed by atoms with E-state index in [1.165, 1.54) is 23.5 Å². The molecule has 0 bridgehead atoms. The highest BCUT2D eigenvalue weighted by atomic mass is 32.2. The number of amides is 2. The third-order valence-corrected chi connectivity index (χ3v) is 7.73. The first-order chi connectivity index (χ1) is 18.4. The third kappa shape index (κ3) is 9.13. The lowest BCUT2D eigenvalue weighted by atomic mass is 10.0. The molecule has 10 nitrogen and oxygen atoms in total. The molecule has 0 saturated carbocycles. The van der Waals surface area contributed by atoms with Crippen molar-refractivity contribution < 1.29 is 27.0 Å². The van der Waals surface area contributed by atoms with Crippen LogP contribution in [-0.2, 0) is 43.2 Å². The van der Waals surface area contributed by atoms with E-state index in [2.05, 4.69) is 19.9 Å². The monoisotopic (exact) mass is 574 g/mol. The maximum atomic E-state index is 13.6. The molecule has 2 amide bonds. The van der Waals surface area contributed by atoms with Crippen molar-refractivity contribution in [2.45, 2.75) is 69.5 Å².